The summed E-state index contributed by atoms with van der Waals surface area (Å²) in [5.74, 6) is -0.660. The number of piperidine rings is 1. The van der Waals surface area contributed by atoms with Gasteiger partial charge in [0, 0.05) is 31.4 Å². The van der Waals surface area contributed by atoms with Gasteiger partial charge in [-0.1, -0.05) is 23.5 Å². The topological polar surface area (TPSA) is 63.1 Å². The zero-order chi connectivity index (χ0) is 17.9. The lowest BCUT2D eigenvalue weighted by Gasteiger charge is -2.30. The fraction of sp³-hybridized carbons (Fsp3) is 0.278. The highest BCUT2D eigenvalue weighted by Crippen LogP contribution is 2.28. The number of benzene rings is 1. The number of nitrogens with zero attached hydrogens (tertiary/aromatic N) is 4. The molecule has 26 heavy (non-hydrogen) atoms. The first-order valence-electron chi connectivity index (χ1n) is 8.48. The lowest BCUT2D eigenvalue weighted by atomic mass is 9.96. The van der Waals surface area contributed by atoms with E-state index in [1.54, 1.807) is 18.2 Å². The first-order valence-corrected chi connectivity index (χ1v) is 9.29. The van der Waals surface area contributed by atoms with E-state index in [4.69, 9.17) is 0 Å². The number of para-hydroxylation sites is 1. The summed E-state index contributed by atoms with van der Waals surface area (Å²) in [6.07, 6.45) is 5.28. The molecular formula is C18H18FN5OS. The second-order valence-electron chi connectivity index (χ2n) is 6.19. The normalized spacial score (nSPS) is 15.2. The van der Waals surface area contributed by atoms with Crippen molar-refractivity contribution >= 4 is 28.1 Å². The molecule has 1 aromatic carbocycles. The van der Waals surface area contributed by atoms with Crippen molar-refractivity contribution in [2.75, 3.05) is 23.3 Å². The van der Waals surface area contributed by atoms with E-state index >= 15 is 0 Å². The number of amides is 1. The highest BCUT2D eigenvalue weighted by molar-refractivity contribution is 7.17. The number of carbonyl (C=O) groups is 1. The Hall–Kier alpha value is -2.74. The van der Waals surface area contributed by atoms with E-state index in [9.17, 15) is 9.18 Å². The van der Waals surface area contributed by atoms with E-state index in [1.807, 2.05) is 29.1 Å². The van der Waals surface area contributed by atoms with Crippen molar-refractivity contribution in [1.82, 2.24) is 14.8 Å². The minimum absolute atomic E-state index is 0.123. The molecule has 6 nitrogen and oxygen atoms in total. The molecule has 4 rings (SSSR count). The smallest absolute Gasteiger partial charge is 0.227 e. The Bertz CT molecular complexity index is 887. The number of hydrogen-bond acceptors (Lipinski definition) is 5. The number of nitrogens with one attached hydrogen (secondary N) is 1. The van der Waals surface area contributed by atoms with Crippen molar-refractivity contribution in [3.05, 3.63) is 54.6 Å². The van der Waals surface area contributed by atoms with Gasteiger partial charge in [-0.2, -0.15) is 0 Å². The molecule has 0 saturated carbocycles. The van der Waals surface area contributed by atoms with Gasteiger partial charge in [0.15, 0.2) is 0 Å². The molecule has 3 heterocycles. The highest BCUT2D eigenvalue weighted by atomic mass is 32.1. The van der Waals surface area contributed by atoms with Gasteiger partial charge < -0.3 is 10.2 Å². The lowest BCUT2D eigenvalue weighted by molar-refractivity contribution is -0.120. The molecule has 0 radical (unpaired) electrons. The maximum Gasteiger partial charge on any atom is 0.227 e. The number of anilines is 2. The molecule has 1 N–H and O–H groups in total. The molecule has 0 unspecified atom stereocenters. The number of carbonyl (C=O) groups excluding carboxylic acids is 1. The summed E-state index contributed by atoms with van der Waals surface area (Å²) < 4.78 is 15.6. The second-order valence-corrected chi connectivity index (χ2v) is 7.12. The molecule has 0 aliphatic carbocycles. The molecule has 1 aliphatic heterocycles. The van der Waals surface area contributed by atoms with Crippen LogP contribution in [0.2, 0.25) is 0 Å². The molecule has 2 aromatic heterocycles. The minimum atomic E-state index is -0.412. The van der Waals surface area contributed by atoms with E-state index in [-0.39, 0.29) is 17.5 Å². The van der Waals surface area contributed by atoms with Crippen molar-refractivity contribution in [3.8, 4) is 5.13 Å². The van der Waals surface area contributed by atoms with Crippen molar-refractivity contribution in [2.24, 2.45) is 5.92 Å². The average Bonchev–Trinajstić information content (AvgIpc) is 3.35. The van der Waals surface area contributed by atoms with Crippen LogP contribution in [0.5, 0.6) is 0 Å². The Morgan fingerprint density at radius 3 is 2.50 bits per heavy atom. The summed E-state index contributed by atoms with van der Waals surface area (Å²) in [4.78, 5) is 14.5. The first-order chi connectivity index (χ1) is 12.7. The Balaban J connectivity index is 1.35. The van der Waals surface area contributed by atoms with Gasteiger partial charge in [0.2, 0.25) is 16.2 Å². The standard InChI is InChI=1S/C18H18FN5OS/c19-14-5-1-2-6-15(14)20-16(25)13-7-11-24(12-8-13)18-22-21-17(26-18)23-9-3-4-10-23/h1-6,9-10,13H,7-8,11-12H2,(H,20,25). The van der Waals surface area contributed by atoms with Gasteiger partial charge in [0.05, 0.1) is 5.69 Å². The summed E-state index contributed by atoms with van der Waals surface area (Å²) in [6, 6.07) is 10.1. The number of rotatable bonds is 4. The Labute approximate surface area is 154 Å². The van der Waals surface area contributed by atoms with Gasteiger partial charge >= 0.3 is 0 Å². The quantitative estimate of drug-likeness (QED) is 0.764. The Morgan fingerprint density at radius 1 is 1.08 bits per heavy atom. The van der Waals surface area contributed by atoms with Gasteiger partial charge in [-0.25, -0.2) is 4.39 Å². The third kappa shape index (κ3) is 3.45. The summed E-state index contributed by atoms with van der Waals surface area (Å²) in [5, 5.41) is 12.9. The van der Waals surface area contributed by atoms with E-state index < -0.39 is 5.82 Å². The van der Waals surface area contributed by atoms with Crippen LogP contribution in [-0.2, 0) is 4.79 Å². The van der Waals surface area contributed by atoms with Gasteiger partial charge in [-0.15, -0.1) is 10.2 Å². The molecule has 8 heteroatoms. The van der Waals surface area contributed by atoms with Crippen molar-refractivity contribution in [2.45, 2.75) is 12.8 Å². The van der Waals surface area contributed by atoms with Crippen molar-refractivity contribution in [3.63, 3.8) is 0 Å². The molecule has 1 amide bonds. The van der Waals surface area contributed by atoms with Crippen LogP contribution < -0.4 is 10.2 Å². The third-order valence-electron chi connectivity index (χ3n) is 4.50. The van der Waals surface area contributed by atoms with Crippen LogP contribution in [0.1, 0.15) is 12.8 Å². The number of aromatic nitrogens is 3. The zero-order valence-electron chi connectivity index (χ0n) is 14.0. The van der Waals surface area contributed by atoms with Gasteiger partial charge in [-0.3, -0.25) is 9.36 Å². The van der Waals surface area contributed by atoms with Crippen LogP contribution in [0, 0.1) is 11.7 Å². The first kappa shape index (κ1) is 16.7. The van der Waals surface area contributed by atoms with Gasteiger partial charge in [0.1, 0.15) is 5.82 Å². The summed E-state index contributed by atoms with van der Waals surface area (Å²) in [7, 11) is 0. The minimum Gasteiger partial charge on any atom is -0.347 e. The fourth-order valence-corrected chi connectivity index (χ4v) is 3.90. The Kier molecular flexibility index (Phi) is 4.66. The van der Waals surface area contributed by atoms with Crippen LogP contribution in [0.25, 0.3) is 5.13 Å². The van der Waals surface area contributed by atoms with Crippen molar-refractivity contribution in [1.29, 1.82) is 0 Å². The van der Waals surface area contributed by atoms with Crippen molar-refractivity contribution < 1.29 is 9.18 Å². The fourth-order valence-electron chi connectivity index (χ4n) is 3.03. The third-order valence-corrected chi connectivity index (χ3v) is 5.49. The predicted octanol–water partition coefficient (Wildman–Crippen LogP) is 3.32. The predicted molar refractivity (Wildman–Crippen MR) is 99.2 cm³/mol. The Morgan fingerprint density at radius 2 is 1.77 bits per heavy atom. The number of hydrogen-bond donors (Lipinski definition) is 1. The summed E-state index contributed by atoms with van der Waals surface area (Å²) in [6.45, 7) is 1.46. The van der Waals surface area contributed by atoms with Gasteiger partial charge in [-0.05, 0) is 37.1 Å². The van der Waals surface area contributed by atoms with E-state index in [0.717, 1.165) is 23.4 Å². The molecule has 0 bridgehead atoms. The molecule has 134 valence electrons. The zero-order valence-corrected chi connectivity index (χ0v) is 14.8. The molecule has 3 aromatic rings. The van der Waals surface area contributed by atoms with E-state index in [0.29, 0.717) is 12.8 Å². The van der Waals surface area contributed by atoms with Crippen LogP contribution in [0.4, 0.5) is 15.2 Å². The number of halogens is 1. The second kappa shape index (κ2) is 7.25. The largest absolute Gasteiger partial charge is 0.347 e. The summed E-state index contributed by atoms with van der Waals surface area (Å²) >= 11 is 1.53. The maximum atomic E-state index is 13.7. The molecule has 0 atom stereocenters. The van der Waals surface area contributed by atoms with Crippen LogP contribution in [-0.4, -0.2) is 33.8 Å². The molecule has 1 saturated heterocycles. The van der Waals surface area contributed by atoms with Crippen LogP contribution in [0.3, 0.4) is 0 Å². The maximum absolute atomic E-state index is 13.7. The van der Waals surface area contributed by atoms with E-state index in [2.05, 4.69) is 20.4 Å². The molecule has 1 fully saturated rings. The molecular weight excluding hydrogens is 353 g/mol. The van der Waals surface area contributed by atoms with Crippen LogP contribution >= 0.6 is 11.3 Å². The monoisotopic (exact) mass is 371 g/mol. The SMILES string of the molecule is O=C(Nc1ccccc1F)C1CCN(c2nnc(-n3cccc3)s2)CC1. The lowest BCUT2D eigenvalue weighted by Crippen LogP contribution is -2.38. The highest BCUT2D eigenvalue weighted by Gasteiger charge is 2.27. The average molecular weight is 371 g/mol. The molecule has 1 aliphatic rings. The van der Waals surface area contributed by atoms with Gasteiger partial charge in [0.25, 0.3) is 0 Å². The van der Waals surface area contributed by atoms with Crippen LogP contribution in [0.15, 0.2) is 48.8 Å². The van der Waals surface area contributed by atoms with E-state index in [1.165, 1.54) is 17.4 Å². The summed E-state index contributed by atoms with van der Waals surface area (Å²) in [5.41, 5.74) is 0.236. The molecule has 0 spiro atoms.